The molecule has 3 heteroatoms. The molecule has 0 radical (unpaired) electrons. The van der Waals surface area contributed by atoms with Crippen molar-refractivity contribution in [1.82, 2.24) is 0 Å². The maximum atomic E-state index is 11.0. The van der Waals surface area contributed by atoms with Crippen LogP contribution in [0.25, 0.3) is 0 Å². The van der Waals surface area contributed by atoms with Crippen LogP contribution in [0.4, 0.5) is 0 Å². The van der Waals surface area contributed by atoms with Crippen LogP contribution < -0.4 is 9.47 Å². The summed E-state index contributed by atoms with van der Waals surface area (Å²) in [6, 6.07) is 0. The molecule has 1 atom stereocenters. The predicted molar refractivity (Wildman–Crippen MR) is 134 cm³/mol. The third-order valence-corrected chi connectivity index (χ3v) is 6.43. The maximum Gasteiger partial charge on any atom is 0.164 e. The van der Waals surface area contributed by atoms with Crippen LogP contribution in [-0.2, 0) is 6.42 Å². The summed E-state index contributed by atoms with van der Waals surface area (Å²) in [6.45, 7) is 25.4. The van der Waals surface area contributed by atoms with Crippen LogP contribution >= 0.6 is 0 Å². The number of phenols is 1. The molecule has 0 bridgehead atoms. The second-order valence-corrected chi connectivity index (χ2v) is 12.4. The van der Waals surface area contributed by atoms with Crippen LogP contribution in [-0.4, -0.2) is 19.3 Å². The summed E-state index contributed by atoms with van der Waals surface area (Å²) in [5.74, 6) is 2.48. The number of rotatable bonds is 10. The van der Waals surface area contributed by atoms with Crippen LogP contribution in [0, 0.1) is 29.1 Å². The highest BCUT2D eigenvalue weighted by molar-refractivity contribution is 5.64. The minimum Gasteiger partial charge on any atom is -0.504 e. The van der Waals surface area contributed by atoms with Crippen molar-refractivity contribution in [3.8, 4) is 17.2 Å². The molecule has 3 nitrogen and oxygen atoms in total. The van der Waals surface area contributed by atoms with E-state index in [2.05, 4.69) is 69.2 Å². The third kappa shape index (κ3) is 6.33. The lowest BCUT2D eigenvalue weighted by Gasteiger charge is -2.49. The summed E-state index contributed by atoms with van der Waals surface area (Å²) in [5, 5.41) is 11.0. The fraction of sp³-hybridized carbons (Fsp3) is 0.786. The van der Waals surface area contributed by atoms with Crippen molar-refractivity contribution >= 4 is 0 Å². The van der Waals surface area contributed by atoms with Gasteiger partial charge in [0.25, 0.3) is 0 Å². The van der Waals surface area contributed by atoms with Crippen molar-refractivity contribution in [1.29, 1.82) is 0 Å². The second kappa shape index (κ2) is 10.0. The second-order valence-electron chi connectivity index (χ2n) is 12.4. The lowest BCUT2D eigenvalue weighted by molar-refractivity contribution is 0.0763. The lowest BCUT2D eigenvalue weighted by atomic mass is 9.55. The number of hydrogen-bond donors (Lipinski definition) is 1. The number of benzene rings is 1. The van der Waals surface area contributed by atoms with Gasteiger partial charge in [-0.15, -0.1) is 0 Å². The molecule has 1 N–H and O–H groups in total. The van der Waals surface area contributed by atoms with Gasteiger partial charge in [-0.05, 0) is 54.3 Å². The first kappa shape index (κ1) is 27.7. The van der Waals surface area contributed by atoms with E-state index in [1.807, 2.05) is 6.92 Å². The van der Waals surface area contributed by atoms with E-state index in [1.54, 1.807) is 14.2 Å². The lowest BCUT2D eigenvalue weighted by Crippen LogP contribution is -2.38. The number of aromatic hydroxyl groups is 1. The normalized spacial score (nSPS) is 14.1. The fourth-order valence-electron chi connectivity index (χ4n) is 6.65. The van der Waals surface area contributed by atoms with E-state index >= 15 is 0 Å². The Kier molecular flexibility index (Phi) is 8.96. The molecular weight excluding hydrogens is 384 g/mol. The molecule has 180 valence electrons. The predicted octanol–water partition coefficient (Wildman–Crippen LogP) is 8.29. The molecule has 0 aliphatic carbocycles. The molecule has 0 spiro atoms. The van der Waals surface area contributed by atoms with Crippen molar-refractivity contribution in [3.05, 3.63) is 16.7 Å². The zero-order chi connectivity index (χ0) is 24.4. The number of phenolic OH excluding ortho intramolecular Hbond substituents is 1. The van der Waals surface area contributed by atoms with E-state index in [0.717, 1.165) is 42.6 Å². The Morgan fingerprint density at radius 3 is 1.77 bits per heavy atom. The molecule has 0 aliphatic rings. The van der Waals surface area contributed by atoms with Gasteiger partial charge in [0.2, 0.25) is 0 Å². The van der Waals surface area contributed by atoms with Gasteiger partial charge >= 0.3 is 0 Å². The molecule has 1 aromatic rings. The molecule has 0 fully saturated rings. The minimum atomic E-state index is 0.0147. The van der Waals surface area contributed by atoms with E-state index in [9.17, 15) is 5.11 Å². The SMILES string of the molecule is CCCc1c(OC)c(O)c(C)c(OC)c1C(C(C)(C)CC(C)C)C(C)(C)CC(C)(C)C. The molecule has 0 heterocycles. The van der Waals surface area contributed by atoms with Gasteiger partial charge in [-0.1, -0.05) is 75.7 Å². The van der Waals surface area contributed by atoms with Gasteiger partial charge in [-0.2, -0.15) is 0 Å². The van der Waals surface area contributed by atoms with Crippen molar-refractivity contribution in [2.45, 2.75) is 108 Å². The maximum absolute atomic E-state index is 11.0. The summed E-state index contributed by atoms with van der Waals surface area (Å²) in [7, 11) is 3.40. The van der Waals surface area contributed by atoms with Crippen LogP contribution in [0.2, 0.25) is 0 Å². The van der Waals surface area contributed by atoms with E-state index in [4.69, 9.17) is 9.47 Å². The summed E-state index contributed by atoms with van der Waals surface area (Å²) in [4.78, 5) is 0. The van der Waals surface area contributed by atoms with Gasteiger partial charge in [0.1, 0.15) is 5.75 Å². The Morgan fingerprint density at radius 1 is 0.871 bits per heavy atom. The summed E-state index contributed by atoms with van der Waals surface area (Å²) in [5.41, 5.74) is 3.36. The molecule has 0 amide bonds. The first-order chi connectivity index (χ1) is 14.0. The van der Waals surface area contributed by atoms with Gasteiger partial charge in [-0.3, -0.25) is 0 Å². The molecule has 0 saturated heterocycles. The monoisotopic (exact) mass is 434 g/mol. The number of methoxy groups -OCH3 is 2. The topological polar surface area (TPSA) is 38.7 Å². The summed E-state index contributed by atoms with van der Waals surface area (Å²) >= 11 is 0. The van der Waals surface area contributed by atoms with Crippen LogP contribution in [0.15, 0.2) is 0 Å². The van der Waals surface area contributed by atoms with E-state index < -0.39 is 0 Å². The highest BCUT2D eigenvalue weighted by atomic mass is 16.5. The summed E-state index contributed by atoms with van der Waals surface area (Å²) < 4.78 is 11.8. The average molecular weight is 435 g/mol. The minimum absolute atomic E-state index is 0.0147. The quantitative estimate of drug-likeness (QED) is 0.402. The Morgan fingerprint density at radius 2 is 1.39 bits per heavy atom. The Hall–Kier alpha value is -1.38. The highest BCUT2D eigenvalue weighted by Gasteiger charge is 2.46. The number of ether oxygens (including phenoxy) is 2. The van der Waals surface area contributed by atoms with Gasteiger partial charge in [0.05, 0.1) is 14.2 Å². The molecule has 1 unspecified atom stereocenters. The molecular formula is C28H50O3. The molecule has 0 saturated carbocycles. The highest BCUT2D eigenvalue weighted by Crippen LogP contribution is 2.59. The molecule has 1 aromatic carbocycles. The van der Waals surface area contributed by atoms with Gasteiger partial charge < -0.3 is 14.6 Å². The summed E-state index contributed by atoms with van der Waals surface area (Å²) in [6.07, 6.45) is 4.03. The van der Waals surface area contributed by atoms with E-state index in [0.29, 0.717) is 11.7 Å². The van der Waals surface area contributed by atoms with E-state index in [-0.39, 0.29) is 27.9 Å². The first-order valence-corrected chi connectivity index (χ1v) is 12.0. The van der Waals surface area contributed by atoms with E-state index in [1.165, 1.54) is 5.56 Å². The Bertz CT molecular complexity index is 736. The fourth-order valence-corrected chi connectivity index (χ4v) is 6.65. The standard InChI is InChI=1S/C28H50O3/c1-14-15-20-21(23(30-12)19(4)22(29)24(20)31-13)25(27(8,9)16-18(2)3)28(10,11)17-26(5,6)7/h18,25,29H,14-17H2,1-13H3. The van der Waals surface area contributed by atoms with Crippen LogP contribution in [0.5, 0.6) is 17.2 Å². The van der Waals surface area contributed by atoms with Crippen LogP contribution in [0.1, 0.15) is 111 Å². The number of hydrogen-bond acceptors (Lipinski definition) is 3. The van der Waals surface area contributed by atoms with Gasteiger partial charge in [0, 0.05) is 16.7 Å². The zero-order valence-corrected chi connectivity index (χ0v) is 22.7. The molecule has 0 aliphatic heterocycles. The Balaban J connectivity index is 4.09. The molecule has 0 aromatic heterocycles. The average Bonchev–Trinajstić information content (AvgIpc) is 2.56. The van der Waals surface area contributed by atoms with Gasteiger partial charge in [0.15, 0.2) is 11.5 Å². The smallest absolute Gasteiger partial charge is 0.164 e. The van der Waals surface area contributed by atoms with Crippen molar-refractivity contribution in [2.24, 2.45) is 22.2 Å². The zero-order valence-electron chi connectivity index (χ0n) is 22.7. The van der Waals surface area contributed by atoms with Crippen LogP contribution in [0.3, 0.4) is 0 Å². The largest absolute Gasteiger partial charge is 0.504 e. The Labute approximate surface area is 192 Å². The third-order valence-electron chi connectivity index (χ3n) is 6.43. The first-order valence-electron chi connectivity index (χ1n) is 12.0. The van der Waals surface area contributed by atoms with Gasteiger partial charge in [-0.25, -0.2) is 0 Å². The molecule has 1 rings (SSSR count). The van der Waals surface area contributed by atoms with Crippen molar-refractivity contribution in [3.63, 3.8) is 0 Å². The van der Waals surface area contributed by atoms with Crippen molar-refractivity contribution in [2.75, 3.05) is 14.2 Å². The molecule has 31 heavy (non-hydrogen) atoms. The van der Waals surface area contributed by atoms with Crippen molar-refractivity contribution < 1.29 is 14.6 Å².